The number of nitrogens with zero attached hydrogens (tertiary/aromatic N) is 1. The summed E-state index contributed by atoms with van der Waals surface area (Å²) in [4.78, 5) is 4.40. The molecule has 1 heterocycles. The van der Waals surface area contributed by atoms with Gasteiger partial charge in [0.2, 0.25) is 0 Å². The van der Waals surface area contributed by atoms with Crippen LogP contribution in [0.1, 0.15) is 25.5 Å². The van der Waals surface area contributed by atoms with Gasteiger partial charge in [-0.3, -0.25) is 4.98 Å². The molecular formula is C11H16N2. The molecule has 0 saturated heterocycles. The van der Waals surface area contributed by atoms with Crippen LogP contribution in [0.3, 0.4) is 0 Å². The third kappa shape index (κ3) is 1.46. The number of nitrogens with two attached hydrogens (primary N) is 1. The second kappa shape index (κ2) is 3.11. The van der Waals surface area contributed by atoms with Crippen LogP contribution in [0.25, 0.3) is 0 Å². The fourth-order valence-corrected chi connectivity index (χ4v) is 1.90. The van der Waals surface area contributed by atoms with Gasteiger partial charge in [-0.1, -0.05) is 13.0 Å². The van der Waals surface area contributed by atoms with E-state index in [9.17, 15) is 0 Å². The van der Waals surface area contributed by atoms with Crippen molar-refractivity contribution < 1.29 is 0 Å². The van der Waals surface area contributed by atoms with Gasteiger partial charge in [-0.25, -0.2) is 0 Å². The molecule has 70 valence electrons. The predicted molar refractivity (Wildman–Crippen MR) is 53.4 cm³/mol. The maximum atomic E-state index is 5.84. The maximum absolute atomic E-state index is 5.84. The van der Waals surface area contributed by atoms with Gasteiger partial charge in [0.05, 0.1) is 0 Å². The summed E-state index contributed by atoms with van der Waals surface area (Å²) in [7, 11) is 0. The van der Waals surface area contributed by atoms with Crippen molar-refractivity contribution in [1.29, 1.82) is 0 Å². The van der Waals surface area contributed by atoms with Gasteiger partial charge in [-0.15, -0.1) is 0 Å². The largest absolute Gasteiger partial charge is 0.330 e. The highest BCUT2D eigenvalue weighted by atomic mass is 14.7. The highest BCUT2D eigenvalue weighted by molar-refractivity contribution is 5.20. The molecule has 0 radical (unpaired) electrons. The van der Waals surface area contributed by atoms with Gasteiger partial charge in [0.1, 0.15) is 0 Å². The summed E-state index contributed by atoms with van der Waals surface area (Å²) in [6, 6.07) is 6.08. The molecule has 0 aromatic carbocycles. The van der Waals surface area contributed by atoms with Crippen molar-refractivity contribution in [2.75, 3.05) is 6.54 Å². The summed E-state index contributed by atoms with van der Waals surface area (Å²) in [6.07, 6.45) is 4.47. The van der Waals surface area contributed by atoms with Crippen molar-refractivity contribution in [2.24, 2.45) is 11.7 Å². The molecule has 1 aliphatic rings. The van der Waals surface area contributed by atoms with Crippen LogP contribution in [0.2, 0.25) is 0 Å². The normalized spacial score (nSPS) is 21.1. The first-order chi connectivity index (χ1) is 6.27. The third-order valence-electron chi connectivity index (χ3n) is 3.15. The molecule has 0 amide bonds. The Kier molecular flexibility index (Phi) is 2.08. The molecule has 0 aliphatic heterocycles. The maximum Gasteiger partial charge on any atom is 0.0477 e. The van der Waals surface area contributed by atoms with Crippen LogP contribution in [-0.2, 0) is 5.41 Å². The molecule has 1 saturated carbocycles. The fourth-order valence-electron chi connectivity index (χ4n) is 1.90. The molecule has 2 N–H and O–H groups in total. The van der Waals surface area contributed by atoms with Gasteiger partial charge < -0.3 is 5.73 Å². The van der Waals surface area contributed by atoms with Crippen LogP contribution in [0, 0.1) is 5.92 Å². The summed E-state index contributed by atoms with van der Waals surface area (Å²) in [6.45, 7) is 2.93. The van der Waals surface area contributed by atoms with Gasteiger partial charge >= 0.3 is 0 Å². The van der Waals surface area contributed by atoms with E-state index >= 15 is 0 Å². The van der Waals surface area contributed by atoms with Gasteiger partial charge in [0, 0.05) is 23.9 Å². The Morgan fingerprint density at radius 2 is 2.31 bits per heavy atom. The fraction of sp³-hybridized carbons (Fsp3) is 0.545. The van der Waals surface area contributed by atoms with E-state index in [1.54, 1.807) is 0 Å². The van der Waals surface area contributed by atoms with Gasteiger partial charge in [-0.2, -0.15) is 0 Å². The van der Waals surface area contributed by atoms with Crippen LogP contribution in [-0.4, -0.2) is 11.5 Å². The lowest BCUT2D eigenvalue weighted by Gasteiger charge is -2.27. The number of pyridine rings is 1. The molecule has 0 bridgehead atoms. The molecule has 0 spiro atoms. The zero-order valence-electron chi connectivity index (χ0n) is 8.03. The molecule has 2 nitrogen and oxygen atoms in total. The molecule has 1 unspecified atom stereocenters. The van der Waals surface area contributed by atoms with Crippen molar-refractivity contribution in [2.45, 2.75) is 25.2 Å². The molecule has 1 aliphatic carbocycles. The van der Waals surface area contributed by atoms with E-state index in [1.165, 1.54) is 12.8 Å². The number of hydrogen-bond donors (Lipinski definition) is 1. The van der Waals surface area contributed by atoms with E-state index in [0.29, 0.717) is 6.54 Å². The zero-order chi connectivity index (χ0) is 9.31. The zero-order valence-corrected chi connectivity index (χ0v) is 8.03. The molecule has 1 fully saturated rings. The van der Waals surface area contributed by atoms with Crippen LogP contribution >= 0.6 is 0 Å². The molecule has 1 aromatic heterocycles. The summed E-state index contributed by atoms with van der Waals surface area (Å²) < 4.78 is 0. The Balaban J connectivity index is 2.30. The SMILES string of the molecule is CC(CN)(c1ccccn1)C1CC1. The predicted octanol–water partition coefficient (Wildman–Crippen LogP) is 1.71. The number of rotatable bonds is 3. The molecule has 1 aromatic rings. The minimum absolute atomic E-state index is 0.112. The molecular weight excluding hydrogens is 160 g/mol. The van der Waals surface area contributed by atoms with Crippen molar-refractivity contribution in [3.63, 3.8) is 0 Å². The Hall–Kier alpha value is -0.890. The summed E-state index contributed by atoms with van der Waals surface area (Å²) in [5.74, 6) is 0.757. The highest BCUT2D eigenvalue weighted by Gasteiger charge is 2.42. The third-order valence-corrected chi connectivity index (χ3v) is 3.15. The lowest BCUT2D eigenvalue weighted by atomic mass is 9.81. The first kappa shape index (κ1) is 8.70. The van der Waals surface area contributed by atoms with E-state index in [2.05, 4.69) is 18.0 Å². The molecule has 1 atom stereocenters. The minimum Gasteiger partial charge on any atom is -0.330 e. The first-order valence-electron chi connectivity index (χ1n) is 4.89. The average Bonchev–Trinajstić information content (AvgIpc) is 3.02. The van der Waals surface area contributed by atoms with E-state index in [4.69, 9.17) is 5.73 Å². The van der Waals surface area contributed by atoms with Crippen molar-refractivity contribution in [3.05, 3.63) is 30.1 Å². The van der Waals surface area contributed by atoms with Crippen LogP contribution in [0.4, 0.5) is 0 Å². The van der Waals surface area contributed by atoms with Crippen molar-refractivity contribution in [1.82, 2.24) is 4.98 Å². The second-order valence-corrected chi connectivity index (χ2v) is 4.11. The molecule has 13 heavy (non-hydrogen) atoms. The Labute approximate surface area is 79.2 Å². The van der Waals surface area contributed by atoms with Gasteiger partial charge in [0.15, 0.2) is 0 Å². The lowest BCUT2D eigenvalue weighted by Crippen LogP contribution is -2.34. The van der Waals surface area contributed by atoms with Crippen molar-refractivity contribution >= 4 is 0 Å². The quantitative estimate of drug-likeness (QED) is 0.761. The highest BCUT2D eigenvalue weighted by Crippen LogP contribution is 2.45. The smallest absolute Gasteiger partial charge is 0.0477 e. The Morgan fingerprint density at radius 1 is 1.54 bits per heavy atom. The van der Waals surface area contributed by atoms with Gasteiger partial charge in [-0.05, 0) is 30.9 Å². The summed E-state index contributed by atoms with van der Waals surface area (Å²) in [5.41, 5.74) is 7.11. The van der Waals surface area contributed by atoms with Gasteiger partial charge in [0.25, 0.3) is 0 Å². The lowest BCUT2D eigenvalue weighted by molar-refractivity contribution is 0.408. The van der Waals surface area contributed by atoms with Crippen LogP contribution < -0.4 is 5.73 Å². The summed E-state index contributed by atoms with van der Waals surface area (Å²) in [5, 5.41) is 0. The minimum atomic E-state index is 0.112. The number of aromatic nitrogens is 1. The second-order valence-electron chi connectivity index (χ2n) is 4.11. The molecule has 2 heteroatoms. The molecule has 2 rings (SSSR count). The van der Waals surface area contributed by atoms with Crippen LogP contribution in [0.5, 0.6) is 0 Å². The Bertz CT molecular complexity index is 279. The standard InChI is InChI=1S/C11H16N2/c1-11(8-12,9-5-6-9)10-4-2-3-7-13-10/h2-4,7,9H,5-6,8,12H2,1H3. The van der Waals surface area contributed by atoms with Crippen LogP contribution in [0.15, 0.2) is 24.4 Å². The summed E-state index contributed by atoms with van der Waals surface area (Å²) >= 11 is 0. The van der Waals surface area contributed by atoms with E-state index in [-0.39, 0.29) is 5.41 Å². The topological polar surface area (TPSA) is 38.9 Å². The first-order valence-corrected chi connectivity index (χ1v) is 4.89. The Morgan fingerprint density at radius 3 is 2.77 bits per heavy atom. The number of hydrogen-bond acceptors (Lipinski definition) is 2. The van der Waals surface area contributed by atoms with E-state index < -0.39 is 0 Å². The van der Waals surface area contributed by atoms with E-state index in [1.807, 2.05) is 18.3 Å². The average molecular weight is 176 g/mol. The van der Waals surface area contributed by atoms with E-state index in [0.717, 1.165) is 11.6 Å². The monoisotopic (exact) mass is 176 g/mol. The van der Waals surface area contributed by atoms with Crippen molar-refractivity contribution in [3.8, 4) is 0 Å².